The Morgan fingerprint density at radius 2 is 2.41 bits per heavy atom. The molecule has 1 heterocycles. The first kappa shape index (κ1) is 12.6. The van der Waals surface area contributed by atoms with Gasteiger partial charge >= 0.3 is 5.97 Å². The van der Waals surface area contributed by atoms with Crippen LogP contribution in [0.1, 0.15) is 45.4 Å². The molecule has 2 unspecified atom stereocenters. The van der Waals surface area contributed by atoms with Crippen molar-refractivity contribution in [1.82, 2.24) is 4.90 Å². The van der Waals surface area contributed by atoms with Crippen LogP contribution in [0.15, 0.2) is 12.2 Å². The van der Waals surface area contributed by atoms with Gasteiger partial charge in [-0.2, -0.15) is 0 Å². The predicted molar refractivity (Wildman–Crippen MR) is 67.9 cm³/mol. The summed E-state index contributed by atoms with van der Waals surface area (Å²) in [6.45, 7) is 3.76. The molecule has 1 N–H and O–H groups in total. The number of nitrogens with zero attached hydrogens (tertiary/aromatic N) is 1. The fourth-order valence-electron chi connectivity index (χ4n) is 3.25. The summed E-state index contributed by atoms with van der Waals surface area (Å²) in [5.74, 6) is -0.596. The van der Waals surface area contributed by atoms with Crippen LogP contribution in [-0.2, 0) is 4.79 Å². The van der Waals surface area contributed by atoms with Gasteiger partial charge in [0.05, 0.1) is 5.41 Å². The highest BCUT2D eigenvalue weighted by Gasteiger charge is 2.45. The molecule has 1 aliphatic heterocycles. The fraction of sp³-hybridized carbons (Fsp3) is 0.786. The van der Waals surface area contributed by atoms with Crippen molar-refractivity contribution < 1.29 is 9.90 Å². The monoisotopic (exact) mass is 237 g/mol. The van der Waals surface area contributed by atoms with E-state index in [9.17, 15) is 9.90 Å². The van der Waals surface area contributed by atoms with E-state index in [0.29, 0.717) is 6.04 Å². The van der Waals surface area contributed by atoms with E-state index in [1.807, 2.05) is 0 Å². The summed E-state index contributed by atoms with van der Waals surface area (Å²) in [4.78, 5) is 13.9. The second-order valence-corrected chi connectivity index (χ2v) is 5.48. The number of hydrogen-bond donors (Lipinski definition) is 1. The number of allylic oxidation sites excluding steroid dienone is 1. The van der Waals surface area contributed by atoms with Gasteiger partial charge in [-0.25, -0.2) is 0 Å². The number of hydrogen-bond acceptors (Lipinski definition) is 2. The summed E-state index contributed by atoms with van der Waals surface area (Å²) in [5.41, 5.74) is -0.472. The zero-order chi connectivity index (χ0) is 12.3. The van der Waals surface area contributed by atoms with Gasteiger partial charge in [0.1, 0.15) is 0 Å². The normalized spacial score (nSPS) is 34.1. The van der Waals surface area contributed by atoms with Gasteiger partial charge in [0, 0.05) is 12.6 Å². The lowest BCUT2D eigenvalue weighted by molar-refractivity contribution is -0.148. The van der Waals surface area contributed by atoms with Crippen molar-refractivity contribution in [3.05, 3.63) is 12.2 Å². The minimum absolute atomic E-state index is 0.472. The Balaban J connectivity index is 2.03. The maximum absolute atomic E-state index is 11.5. The van der Waals surface area contributed by atoms with Gasteiger partial charge in [-0.05, 0) is 38.6 Å². The maximum Gasteiger partial charge on any atom is 0.310 e. The van der Waals surface area contributed by atoms with Gasteiger partial charge < -0.3 is 5.11 Å². The van der Waals surface area contributed by atoms with E-state index >= 15 is 0 Å². The fourth-order valence-corrected chi connectivity index (χ4v) is 3.25. The molecule has 0 bridgehead atoms. The predicted octanol–water partition coefficient (Wildman–Crippen LogP) is 2.67. The molecule has 3 nitrogen and oxygen atoms in total. The van der Waals surface area contributed by atoms with Crippen LogP contribution < -0.4 is 0 Å². The average Bonchev–Trinajstić information content (AvgIpc) is 2.76. The van der Waals surface area contributed by atoms with Crippen molar-refractivity contribution in [2.24, 2.45) is 5.41 Å². The molecule has 96 valence electrons. The average molecular weight is 237 g/mol. The SMILES string of the molecule is CCCC1(C(=O)O)CCN(C2C=CCCC2)C1. The Morgan fingerprint density at radius 1 is 1.59 bits per heavy atom. The Kier molecular flexibility index (Phi) is 3.87. The van der Waals surface area contributed by atoms with E-state index < -0.39 is 11.4 Å². The molecule has 17 heavy (non-hydrogen) atoms. The standard InChI is InChI=1S/C14H23NO2/c1-2-8-14(13(16)17)9-10-15(11-14)12-6-4-3-5-7-12/h4,6,12H,2-3,5,7-11H2,1H3,(H,16,17). The minimum Gasteiger partial charge on any atom is -0.481 e. The molecule has 2 aliphatic rings. The summed E-state index contributed by atoms with van der Waals surface area (Å²) < 4.78 is 0. The van der Waals surface area contributed by atoms with E-state index in [2.05, 4.69) is 24.0 Å². The zero-order valence-electron chi connectivity index (χ0n) is 10.7. The van der Waals surface area contributed by atoms with Gasteiger partial charge in [-0.15, -0.1) is 0 Å². The number of likely N-dealkylation sites (tertiary alicyclic amines) is 1. The van der Waals surface area contributed by atoms with E-state index in [-0.39, 0.29) is 0 Å². The highest BCUT2D eigenvalue weighted by atomic mass is 16.4. The third kappa shape index (κ3) is 2.54. The van der Waals surface area contributed by atoms with Gasteiger partial charge in [0.25, 0.3) is 0 Å². The van der Waals surface area contributed by atoms with Gasteiger partial charge in [-0.1, -0.05) is 25.5 Å². The molecule has 0 aromatic heterocycles. The number of carbonyl (C=O) groups is 1. The zero-order valence-corrected chi connectivity index (χ0v) is 10.7. The van der Waals surface area contributed by atoms with Crippen molar-refractivity contribution in [3.63, 3.8) is 0 Å². The van der Waals surface area contributed by atoms with Gasteiger partial charge in [0.15, 0.2) is 0 Å². The van der Waals surface area contributed by atoms with E-state index in [1.54, 1.807) is 0 Å². The van der Waals surface area contributed by atoms with Crippen LogP contribution >= 0.6 is 0 Å². The Hall–Kier alpha value is -0.830. The summed E-state index contributed by atoms with van der Waals surface area (Å²) in [7, 11) is 0. The van der Waals surface area contributed by atoms with Crippen LogP contribution in [0.5, 0.6) is 0 Å². The number of carboxylic acid groups (broad SMARTS) is 1. The first-order chi connectivity index (χ1) is 8.18. The van der Waals surface area contributed by atoms with Crippen LogP contribution in [0.25, 0.3) is 0 Å². The van der Waals surface area contributed by atoms with Crippen LogP contribution in [-0.4, -0.2) is 35.1 Å². The molecule has 2 rings (SSSR count). The summed E-state index contributed by atoms with van der Waals surface area (Å²) in [6.07, 6.45) is 10.7. The maximum atomic E-state index is 11.5. The van der Waals surface area contributed by atoms with Crippen molar-refractivity contribution in [2.45, 2.75) is 51.5 Å². The van der Waals surface area contributed by atoms with E-state index in [4.69, 9.17) is 0 Å². The third-order valence-electron chi connectivity index (χ3n) is 4.26. The molecule has 1 fully saturated rings. The summed E-state index contributed by atoms with van der Waals surface area (Å²) in [5, 5.41) is 9.47. The molecular formula is C14H23NO2. The second-order valence-electron chi connectivity index (χ2n) is 5.48. The largest absolute Gasteiger partial charge is 0.481 e. The van der Waals surface area contributed by atoms with Crippen molar-refractivity contribution in [2.75, 3.05) is 13.1 Å². The molecule has 3 heteroatoms. The lowest BCUT2D eigenvalue weighted by Crippen LogP contribution is -2.38. The van der Waals surface area contributed by atoms with E-state index in [0.717, 1.165) is 32.4 Å². The molecule has 2 atom stereocenters. The molecular weight excluding hydrogens is 214 g/mol. The van der Waals surface area contributed by atoms with Crippen molar-refractivity contribution in [3.8, 4) is 0 Å². The number of aliphatic carboxylic acids is 1. The van der Waals surface area contributed by atoms with E-state index in [1.165, 1.54) is 19.3 Å². The molecule has 0 aromatic rings. The lowest BCUT2D eigenvalue weighted by Gasteiger charge is -2.29. The molecule has 1 saturated heterocycles. The molecule has 1 aliphatic carbocycles. The van der Waals surface area contributed by atoms with Crippen LogP contribution in [0, 0.1) is 5.41 Å². The second kappa shape index (κ2) is 5.21. The first-order valence-electron chi connectivity index (χ1n) is 6.82. The molecule has 0 saturated carbocycles. The van der Waals surface area contributed by atoms with Crippen molar-refractivity contribution >= 4 is 5.97 Å². The highest BCUT2D eigenvalue weighted by Crippen LogP contribution is 2.37. The minimum atomic E-state index is -0.596. The van der Waals surface area contributed by atoms with Gasteiger partial charge in [-0.3, -0.25) is 9.69 Å². The number of rotatable bonds is 4. The molecule has 0 spiro atoms. The first-order valence-corrected chi connectivity index (χ1v) is 6.82. The Morgan fingerprint density at radius 3 is 3.00 bits per heavy atom. The number of carboxylic acids is 1. The topological polar surface area (TPSA) is 40.5 Å². The Labute approximate surface area is 103 Å². The summed E-state index contributed by atoms with van der Waals surface area (Å²) in [6, 6.07) is 0.488. The molecule has 0 radical (unpaired) electrons. The van der Waals surface area contributed by atoms with Crippen molar-refractivity contribution in [1.29, 1.82) is 0 Å². The Bertz CT molecular complexity index is 313. The van der Waals surface area contributed by atoms with Gasteiger partial charge in [0.2, 0.25) is 0 Å². The third-order valence-corrected chi connectivity index (χ3v) is 4.26. The summed E-state index contributed by atoms with van der Waals surface area (Å²) >= 11 is 0. The lowest BCUT2D eigenvalue weighted by atomic mass is 9.82. The molecule has 0 amide bonds. The quantitative estimate of drug-likeness (QED) is 0.764. The van der Waals surface area contributed by atoms with Crippen LogP contribution in [0.2, 0.25) is 0 Å². The molecule has 0 aromatic carbocycles. The smallest absolute Gasteiger partial charge is 0.310 e. The van der Waals surface area contributed by atoms with Crippen LogP contribution in [0.3, 0.4) is 0 Å². The highest BCUT2D eigenvalue weighted by molar-refractivity contribution is 5.75. The van der Waals surface area contributed by atoms with Crippen LogP contribution in [0.4, 0.5) is 0 Å².